The van der Waals surface area contributed by atoms with E-state index >= 15 is 0 Å². The maximum absolute atomic E-state index is 11.4. The fourth-order valence-corrected chi connectivity index (χ4v) is 1.81. The number of sulfonamides is 1. The normalized spacial score (nSPS) is 14.1. The highest BCUT2D eigenvalue weighted by Gasteiger charge is 2.21. The second-order valence-corrected chi connectivity index (χ2v) is 6.09. The molecule has 5 nitrogen and oxygen atoms in total. The van der Waals surface area contributed by atoms with Crippen LogP contribution in [0.2, 0.25) is 0 Å². The van der Waals surface area contributed by atoms with E-state index in [0.29, 0.717) is 6.42 Å². The second-order valence-electron chi connectivity index (χ2n) is 3.77. The highest BCUT2D eigenvalue weighted by molar-refractivity contribution is 7.90. The number of carbonyl (C=O) groups is 1. The lowest BCUT2D eigenvalue weighted by Crippen LogP contribution is -2.36. The van der Waals surface area contributed by atoms with Crippen LogP contribution in [0.15, 0.2) is 0 Å². The summed E-state index contributed by atoms with van der Waals surface area (Å²) >= 11 is 0. The molecule has 1 unspecified atom stereocenters. The minimum Gasteiger partial charge on any atom is -0.481 e. The van der Waals surface area contributed by atoms with Gasteiger partial charge in [-0.05, 0) is 20.3 Å². The topological polar surface area (TPSA) is 83.5 Å². The standard InChI is InChI=1S/C9H19NO4S/c1-4-5-8(9(11)12)6-10-15(13,14)7(2)3/h7-8,10H,4-6H2,1-3H3,(H,11,12). The molecule has 6 heteroatoms. The zero-order chi connectivity index (χ0) is 12.1. The van der Waals surface area contributed by atoms with Gasteiger partial charge in [-0.15, -0.1) is 0 Å². The summed E-state index contributed by atoms with van der Waals surface area (Å²) in [5.74, 6) is -1.59. The summed E-state index contributed by atoms with van der Waals surface area (Å²) in [6.07, 6.45) is 1.20. The quantitative estimate of drug-likeness (QED) is 0.686. The summed E-state index contributed by atoms with van der Waals surface area (Å²) in [5, 5.41) is 8.27. The van der Waals surface area contributed by atoms with Gasteiger partial charge in [0, 0.05) is 6.54 Å². The zero-order valence-corrected chi connectivity index (χ0v) is 10.2. The van der Waals surface area contributed by atoms with Gasteiger partial charge in [0.1, 0.15) is 0 Å². The molecule has 0 saturated carbocycles. The third-order valence-corrected chi connectivity index (χ3v) is 3.95. The van der Waals surface area contributed by atoms with Gasteiger partial charge in [0.2, 0.25) is 10.0 Å². The number of hydrogen-bond acceptors (Lipinski definition) is 3. The van der Waals surface area contributed by atoms with E-state index in [0.717, 1.165) is 6.42 Å². The maximum Gasteiger partial charge on any atom is 0.307 e. The van der Waals surface area contributed by atoms with Crippen molar-refractivity contribution in [3.63, 3.8) is 0 Å². The van der Waals surface area contributed by atoms with E-state index in [1.165, 1.54) is 0 Å². The van der Waals surface area contributed by atoms with E-state index in [-0.39, 0.29) is 6.54 Å². The van der Waals surface area contributed by atoms with Crippen LogP contribution in [0, 0.1) is 5.92 Å². The van der Waals surface area contributed by atoms with Crippen LogP contribution in [0.5, 0.6) is 0 Å². The van der Waals surface area contributed by atoms with Gasteiger partial charge in [0.05, 0.1) is 11.2 Å². The Hall–Kier alpha value is -0.620. The molecule has 0 aromatic heterocycles. The third-order valence-electron chi connectivity index (χ3n) is 2.14. The Labute approximate surface area is 90.9 Å². The molecule has 0 bridgehead atoms. The molecule has 15 heavy (non-hydrogen) atoms. The fraction of sp³-hybridized carbons (Fsp3) is 0.889. The Bertz CT molecular complexity index is 297. The highest BCUT2D eigenvalue weighted by Crippen LogP contribution is 2.06. The van der Waals surface area contributed by atoms with Gasteiger partial charge in [-0.25, -0.2) is 13.1 Å². The van der Waals surface area contributed by atoms with Crippen molar-refractivity contribution < 1.29 is 18.3 Å². The fourth-order valence-electron chi connectivity index (χ4n) is 1.04. The molecular weight excluding hydrogens is 218 g/mol. The summed E-state index contributed by atoms with van der Waals surface area (Å²) in [6.45, 7) is 4.95. The molecule has 0 aliphatic carbocycles. The first-order valence-electron chi connectivity index (χ1n) is 5.02. The molecule has 0 aromatic carbocycles. The van der Waals surface area contributed by atoms with Crippen LogP contribution in [0.3, 0.4) is 0 Å². The van der Waals surface area contributed by atoms with Crippen molar-refractivity contribution in [3.05, 3.63) is 0 Å². The molecule has 0 aliphatic rings. The average molecular weight is 237 g/mol. The average Bonchev–Trinajstić information content (AvgIpc) is 2.11. The van der Waals surface area contributed by atoms with E-state index in [9.17, 15) is 13.2 Å². The third kappa shape index (κ3) is 5.13. The smallest absolute Gasteiger partial charge is 0.307 e. The largest absolute Gasteiger partial charge is 0.481 e. The van der Waals surface area contributed by atoms with Crippen LogP contribution in [-0.2, 0) is 14.8 Å². The Morgan fingerprint density at radius 3 is 2.27 bits per heavy atom. The lowest BCUT2D eigenvalue weighted by Gasteiger charge is -2.14. The van der Waals surface area contributed by atoms with E-state index in [1.807, 2.05) is 6.92 Å². The minimum atomic E-state index is -3.36. The van der Waals surface area contributed by atoms with Crippen molar-refractivity contribution in [1.29, 1.82) is 0 Å². The van der Waals surface area contributed by atoms with Gasteiger partial charge in [0.25, 0.3) is 0 Å². The van der Waals surface area contributed by atoms with E-state index in [1.54, 1.807) is 13.8 Å². The van der Waals surface area contributed by atoms with Gasteiger partial charge in [-0.1, -0.05) is 13.3 Å². The molecule has 0 amide bonds. The summed E-state index contributed by atoms with van der Waals surface area (Å²) in [7, 11) is -3.36. The predicted molar refractivity (Wildman–Crippen MR) is 58.1 cm³/mol. The molecule has 90 valence electrons. The van der Waals surface area contributed by atoms with E-state index in [2.05, 4.69) is 4.72 Å². The van der Waals surface area contributed by atoms with Crippen LogP contribution in [0.25, 0.3) is 0 Å². The number of rotatable bonds is 7. The molecule has 1 atom stereocenters. The maximum atomic E-state index is 11.4. The minimum absolute atomic E-state index is 0.0241. The van der Waals surface area contributed by atoms with Crippen LogP contribution in [0.4, 0.5) is 0 Å². The molecule has 2 N–H and O–H groups in total. The SMILES string of the molecule is CCCC(CNS(=O)(=O)C(C)C)C(=O)O. The Morgan fingerprint density at radius 1 is 1.40 bits per heavy atom. The van der Waals surface area contributed by atoms with Crippen molar-refractivity contribution in [2.75, 3.05) is 6.54 Å². The lowest BCUT2D eigenvalue weighted by atomic mass is 10.1. The first-order valence-corrected chi connectivity index (χ1v) is 6.57. The summed E-state index contributed by atoms with van der Waals surface area (Å²) < 4.78 is 25.0. The van der Waals surface area contributed by atoms with E-state index in [4.69, 9.17) is 5.11 Å². The zero-order valence-electron chi connectivity index (χ0n) is 9.36. The predicted octanol–water partition coefficient (Wildman–Crippen LogP) is 0.815. The van der Waals surface area contributed by atoms with Crippen molar-refractivity contribution in [2.45, 2.75) is 38.9 Å². The van der Waals surface area contributed by atoms with E-state index < -0.39 is 27.2 Å². The molecule has 0 radical (unpaired) electrons. The van der Waals surface area contributed by atoms with Crippen LogP contribution >= 0.6 is 0 Å². The molecule has 0 fully saturated rings. The first kappa shape index (κ1) is 14.4. The van der Waals surface area contributed by atoms with Crippen molar-refractivity contribution in [1.82, 2.24) is 4.72 Å². The van der Waals surface area contributed by atoms with Crippen LogP contribution in [-0.4, -0.2) is 31.3 Å². The molecule has 0 saturated heterocycles. The molecule has 0 rings (SSSR count). The van der Waals surface area contributed by atoms with Crippen LogP contribution < -0.4 is 4.72 Å². The summed E-state index contributed by atoms with van der Waals surface area (Å²) in [4.78, 5) is 10.7. The lowest BCUT2D eigenvalue weighted by molar-refractivity contribution is -0.141. The number of aliphatic carboxylic acids is 1. The van der Waals surface area contributed by atoms with Gasteiger partial charge < -0.3 is 5.11 Å². The Morgan fingerprint density at radius 2 is 1.93 bits per heavy atom. The molecular formula is C9H19NO4S. The van der Waals surface area contributed by atoms with Gasteiger partial charge in [-0.3, -0.25) is 4.79 Å². The molecule has 0 aliphatic heterocycles. The second kappa shape index (κ2) is 6.07. The number of carboxylic acids is 1. The molecule has 0 heterocycles. The first-order chi connectivity index (χ1) is 6.81. The Kier molecular flexibility index (Phi) is 5.82. The van der Waals surface area contributed by atoms with Crippen molar-refractivity contribution in [2.24, 2.45) is 5.92 Å². The van der Waals surface area contributed by atoms with Crippen LogP contribution in [0.1, 0.15) is 33.6 Å². The number of nitrogens with one attached hydrogen (secondary N) is 1. The van der Waals surface area contributed by atoms with Crippen molar-refractivity contribution >= 4 is 16.0 Å². The number of carboxylic acid groups (broad SMARTS) is 1. The number of hydrogen-bond donors (Lipinski definition) is 2. The molecule has 0 aromatic rings. The summed E-state index contributed by atoms with van der Waals surface area (Å²) in [5.41, 5.74) is 0. The van der Waals surface area contributed by atoms with Gasteiger partial charge in [-0.2, -0.15) is 0 Å². The summed E-state index contributed by atoms with van der Waals surface area (Å²) in [6, 6.07) is 0. The molecule has 0 spiro atoms. The Balaban J connectivity index is 4.28. The highest BCUT2D eigenvalue weighted by atomic mass is 32.2. The van der Waals surface area contributed by atoms with Gasteiger partial charge in [0.15, 0.2) is 0 Å². The van der Waals surface area contributed by atoms with Gasteiger partial charge >= 0.3 is 5.97 Å². The monoisotopic (exact) mass is 237 g/mol. The van der Waals surface area contributed by atoms with Crippen molar-refractivity contribution in [3.8, 4) is 0 Å².